The zero-order valence-corrected chi connectivity index (χ0v) is 10.1. The van der Waals surface area contributed by atoms with Crippen molar-refractivity contribution < 1.29 is 24.2 Å². The Morgan fingerprint density at radius 2 is 2.00 bits per heavy atom. The summed E-state index contributed by atoms with van der Waals surface area (Å²) in [5.41, 5.74) is 0. The number of halogens is 1. The fraction of sp³-hybridized carbons (Fsp3) is 0.0909. The SMILES string of the molecule is ClOc1ccccc1.[O]=[V][C]1=CC=CC1. The van der Waals surface area contributed by atoms with Crippen molar-refractivity contribution in [3.8, 4) is 5.75 Å². The van der Waals surface area contributed by atoms with Gasteiger partial charge in [0.25, 0.3) is 0 Å². The fourth-order valence-corrected chi connectivity index (χ4v) is 1.59. The maximum atomic E-state index is 10.1. The molecule has 2 nitrogen and oxygen atoms in total. The Labute approximate surface area is 101 Å². The van der Waals surface area contributed by atoms with E-state index in [9.17, 15) is 3.67 Å². The van der Waals surface area contributed by atoms with Crippen LogP contribution in [0.15, 0.2) is 52.8 Å². The van der Waals surface area contributed by atoms with Gasteiger partial charge in [-0.2, -0.15) is 0 Å². The Hall–Kier alpha value is -0.826. The Morgan fingerprint density at radius 3 is 2.33 bits per heavy atom. The summed E-state index contributed by atoms with van der Waals surface area (Å²) in [4.78, 5) is 0. The van der Waals surface area contributed by atoms with Crippen molar-refractivity contribution >= 4 is 11.9 Å². The molecular weight excluding hydrogens is 251 g/mol. The molecular formula is C11H10ClO2V. The summed E-state index contributed by atoms with van der Waals surface area (Å²) in [5, 5.41) is 0. The van der Waals surface area contributed by atoms with Crippen LogP contribution in [0, 0.1) is 0 Å². The Balaban J connectivity index is 0.000000151. The van der Waals surface area contributed by atoms with E-state index in [-0.39, 0.29) is 0 Å². The molecule has 0 amide bonds. The van der Waals surface area contributed by atoms with E-state index in [1.54, 1.807) is 12.1 Å². The average molecular weight is 261 g/mol. The molecule has 4 heteroatoms. The van der Waals surface area contributed by atoms with E-state index >= 15 is 0 Å². The maximum absolute atomic E-state index is 10.1. The molecule has 0 radical (unpaired) electrons. The number of benzene rings is 1. The van der Waals surface area contributed by atoms with E-state index in [1.807, 2.05) is 36.4 Å². The van der Waals surface area contributed by atoms with E-state index in [0.717, 1.165) is 10.7 Å². The van der Waals surface area contributed by atoms with Crippen LogP contribution in [0.5, 0.6) is 5.75 Å². The molecule has 0 unspecified atom stereocenters. The van der Waals surface area contributed by atoms with Gasteiger partial charge in [-0.3, -0.25) is 0 Å². The van der Waals surface area contributed by atoms with Crippen LogP contribution in [0.3, 0.4) is 0 Å². The number of hydrogen-bond donors (Lipinski definition) is 0. The molecule has 1 aromatic rings. The molecule has 0 saturated heterocycles. The molecule has 0 spiro atoms. The number of rotatable bonds is 2. The molecule has 78 valence electrons. The van der Waals surface area contributed by atoms with Gasteiger partial charge in [-0.05, 0) is 12.1 Å². The summed E-state index contributed by atoms with van der Waals surface area (Å²) in [6, 6.07) is 9.19. The van der Waals surface area contributed by atoms with E-state index in [4.69, 9.17) is 11.9 Å². The van der Waals surface area contributed by atoms with Crippen molar-refractivity contribution in [1.29, 1.82) is 0 Å². The van der Waals surface area contributed by atoms with Gasteiger partial charge in [0.2, 0.25) is 0 Å². The van der Waals surface area contributed by atoms with E-state index in [0.29, 0.717) is 5.75 Å². The van der Waals surface area contributed by atoms with Gasteiger partial charge in [-0.1, -0.05) is 18.2 Å². The van der Waals surface area contributed by atoms with Crippen molar-refractivity contribution in [1.82, 2.24) is 0 Å². The standard InChI is InChI=1S/C6H5ClO.C5H5.O.V/c7-8-6-4-2-1-3-5-6;1-2-4-5-3-1;;/h1-5H;1-3H,4H2;;. The van der Waals surface area contributed by atoms with E-state index in [1.165, 1.54) is 0 Å². The van der Waals surface area contributed by atoms with Gasteiger partial charge in [-0.15, -0.1) is 0 Å². The first-order valence-corrected chi connectivity index (χ1v) is 5.97. The first-order valence-electron chi connectivity index (χ1n) is 4.39. The zero-order chi connectivity index (χ0) is 10.9. The minimum atomic E-state index is -0.727. The summed E-state index contributed by atoms with van der Waals surface area (Å²) in [6.07, 6.45) is 6.81. The van der Waals surface area contributed by atoms with Crippen LogP contribution in [-0.2, 0) is 19.9 Å². The van der Waals surface area contributed by atoms with Crippen molar-refractivity contribution in [2.45, 2.75) is 6.42 Å². The Kier molecular flexibility index (Phi) is 6.09. The van der Waals surface area contributed by atoms with E-state index in [2.05, 4.69) is 4.29 Å². The second kappa shape index (κ2) is 7.46. The molecule has 0 heterocycles. The van der Waals surface area contributed by atoms with Gasteiger partial charge < -0.3 is 4.29 Å². The molecule has 0 aromatic heterocycles. The van der Waals surface area contributed by atoms with Crippen LogP contribution in [0.25, 0.3) is 0 Å². The number of allylic oxidation sites excluding steroid dienone is 4. The van der Waals surface area contributed by atoms with Gasteiger partial charge in [0.1, 0.15) is 17.6 Å². The summed E-state index contributed by atoms with van der Waals surface area (Å²) >= 11 is 4.30. The minimum absolute atomic E-state index is 0.675. The second-order valence-electron chi connectivity index (χ2n) is 2.77. The predicted octanol–water partition coefficient (Wildman–Crippen LogP) is 3.48. The van der Waals surface area contributed by atoms with Crippen LogP contribution in [-0.4, -0.2) is 0 Å². The Morgan fingerprint density at radius 1 is 1.27 bits per heavy atom. The topological polar surface area (TPSA) is 26.3 Å². The molecule has 2 rings (SSSR count). The third-order valence-electron chi connectivity index (χ3n) is 1.70. The molecule has 1 aliphatic rings. The van der Waals surface area contributed by atoms with Crippen LogP contribution in [0.4, 0.5) is 0 Å². The van der Waals surface area contributed by atoms with Crippen LogP contribution in [0.1, 0.15) is 6.42 Å². The molecule has 0 bridgehead atoms. The van der Waals surface area contributed by atoms with Gasteiger partial charge in [0.05, 0.1) is 0 Å². The van der Waals surface area contributed by atoms with Crippen LogP contribution in [0.2, 0.25) is 0 Å². The first-order chi connectivity index (χ1) is 7.36. The van der Waals surface area contributed by atoms with Crippen molar-refractivity contribution in [2.24, 2.45) is 0 Å². The molecule has 1 aliphatic carbocycles. The second-order valence-corrected chi connectivity index (χ2v) is 4.11. The van der Waals surface area contributed by atoms with Crippen molar-refractivity contribution in [3.63, 3.8) is 0 Å². The number of hydrogen-bond acceptors (Lipinski definition) is 2. The van der Waals surface area contributed by atoms with Gasteiger partial charge in [-0.25, -0.2) is 0 Å². The summed E-state index contributed by atoms with van der Waals surface area (Å²) in [5.74, 6) is 0.675. The van der Waals surface area contributed by atoms with Gasteiger partial charge >= 0.3 is 48.8 Å². The molecule has 0 atom stereocenters. The van der Waals surface area contributed by atoms with E-state index < -0.39 is 16.2 Å². The normalized spacial score (nSPS) is 12.5. The van der Waals surface area contributed by atoms with Gasteiger partial charge in [0.15, 0.2) is 0 Å². The average Bonchev–Trinajstić information content (AvgIpc) is 2.84. The summed E-state index contributed by atoms with van der Waals surface area (Å²) < 4.78 is 15.6. The summed E-state index contributed by atoms with van der Waals surface area (Å²) in [7, 11) is 0. The van der Waals surface area contributed by atoms with Gasteiger partial charge in [0, 0.05) is 0 Å². The molecule has 15 heavy (non-hydrogen) atoms. The zero-order valence-electron chi connectivity index (χ0n) is 7.97. The van der Waals surface area contributed by atoms with Crippen LogP contribution < -0.4 is 4.29 Å². The van der Waals surface area contributed by atoms with Crippen molar-refractivity contribution in [3.05, 3.63) is 52.8 Å². The summed E-state index contributed by atoms with van der Waals surface area (Å²) in [6.45, 7) is 0. The third-order valence-corrected chi connectivity index (χ3v) is 2.76. The molecule has 0 aliphatic heterocycles. The Bertz CT molecular complexity index is 360. The number of para-hydroxylation sites is 1. The molecule has 0 saturated carbocycles. The van der Waals surface area contributed by atoms with Crippen LogP contribution >= 0.6 is 11.9 Å². The first kappa shape index (κ1) is 12.2. The monoisotopic (exact) mass is 260 g/mol. The molecule has 0 N–H and O–H groups in total. The predicted molar refractivity (Wildman–Crippen MR) is 55.4 cm³/mol. The fourth-order valence-electron chi connectivity index (χ4n) is 0.976. The van der Waals surface area contributed by atoms with Crippen molar-refractivity contribution in [2.75, 3.05) is 0 Å². The molecule has 1 aromatic carbocycles. The molecule has 0 fully saturated rings. The quantitative estimate of drug-likeness (QED) is 0.814. The third kappa shape index (κ3) is 4.98.